The van der Waals surface area contributed by atoms with Crippen molar-refractivity contribution in [2.45, 2.75) is 44.6 Å². The number of benzene rings is 2. The molecule has 0 atom stereocenters. The van der Waals surface area contributed by atoms with Crippen molar-refractivity contribution in [1.29, 1.82) is 0 Å². The van der Waals surface area contributed by atoms with Gasteiger partial charge < -0.3 is 10.1 Å². The molecule has 1 aromatic heterocycles. The van der Waals surface area contributed by atoms with E-state index in [1.54, 1.807) is 7.11 Å². The van der Waals surface area contributed by atoms with Crippen LogP contribution >= 0.6 is 0 Å². The minimum atomic E-state index is 0.500. The van der Waals surface area contributed by atoms with Gasteiger partial charge in [0.2, 0.25) is 0 Å². The molecule has 0 unspecified atom stereocenters. The zero-order valence-corrected chi connectivity index (χ0v) is 15.2. The van der Waals surface area contributed by atoms with Crippen LogP contribution in [0, 0.1) is 0 Å². The van der Waals surface area contributed by atoms with E-state index in [2.05, 4.69) is 23.5 Å². The molecule has 134 valence electrons. The highest BCUT2D eigenvalue weighted by molar-refractivity contribution is 5.90. The number of hydrogen-bond donors (Lipinski definition) is 1. The Bertz CT molecular complexity index is 868. The lowest BCUT2D eigenvalue weighted by atomic mass is 10.1. The SMILES string of the molecule is COc1ccc(-c2nc(NC3CCCCCC3)c3ccccc3n2)cc1. The molecule has 4 rings (SSSR count). The highest BCUT2D eigenvalue weighted by Crippen LogP contribution is 2.28. The molecule has 0 radical (unpaired) electrons. The third-order valence-corrected chi connectivity index (χ3v) is 5.15. The summed E-state index contributed by atoms with van der Waals surface area (Å²) in [6.45, 7) is 0. The van der Waals surface area contributed by atoms with Crippen LogP contribution in [0.15, 0.2) is 48.5 Å². The van der Waals surface area contributed by atoms with Gasteiger partial charge in [0.05, 0.1) is 12.6 Å². The lowest BCUT2D eigenvalue weighted by molar-refractivity contribution is 0.415. The highest BCUT2D eigenvalue weighted by atomic mass is 16.5. The van der Waals surface area contributed by atoms with Crippen LogP contribution in [-0.2, 0) is 0 Å². The van der Waals surface area contributed by atoms with E-state index >= 15 is 0 Å². The summed E-state index contributed by atoms with van der Waals surface area (Å²) in [4.78, 5) is 9.67. The standard InChI is InChI=1S/C22H25N3O/c1-26-18-14-12-16(13-15-18)21-24-20-11-7-6-10-19(20)22(25-21)23-17-8-4-2-3-5-9-17/h6-7,10-15,17H,2-5,8-9H2,1H3,(H,23,24,25). The summed E-state index contributed by atoms with van der Waals surface area (Å²) in [5, 5.41) is 4.81. The van der Waals surface area contributed by atoms with Gasteiger partial charge in [-0.25, -0.2) is 9.97 Å². The lowest BCUT2D eigenvalue weighted by Crippen LogP contribution is -2.19. The van der Waals surface area contributed by atoms with Crippen LogP contribution in [-0.4, -0.2) is 23.1 Å². The molecular weight excluding hydrogens is 322 g/mol. The van der Waals surface area contributed by atoms with Crippen LogP contribution in [0.1, 0.15) is 38.5 Å². The second-order valence-corrected chi connectivity index (χ2v) is 6.97. The molecule has 1 aliphatic rings. The average molecular weight is 347 g/mol. The predicted octanol–water partition coefficient (Wildman–Crippen LogP) is 5.44. The molecular formula is C22H25N3O. The number of hydrogen-bond acceptors (Lipinski definition) is 4. The number of rotatable bonds is 4. The monoisotopic (exact) mass is 347 g/mol. The zero-order chi connectivity index (χ0) is 17.8. The molecule has 1 fully saturated rings. The first-order chi connectivity index (χ1) is 12.8. The summed E-state index contributed by atoms with van der Waals surface area (Å²) in [5.41, 5.74) is 1.98. The molecule has 0 saturated heterocycles. The van der Waals surface area contributed by atoms with Crippen LogP contribution in [0.2, 0.25) is 0 Å². The summed E-state index contributed by atoms with van der Waals surface area (Å²) in [7, 11) is 1.68. The minimum absolute atomic E-state index is 0.500. The fourth-order valence-corrected chi connectivity index (χ4v) is 3.67. The number of methoxy groups -OCH3 is 1. The molecule has 1 heterocycles. The lowest BCUT2D eigenvalue weighted by Gasteiger charge is -2.19. The number of nitrogens with one attached hydrogen (secondary N) is 1. The van der Waals surface area contributed by atoms with E-state index in [0.29, 0.717) is 6.04 Å². The van der Waals surface area contributed by atoms with Crippen molar-refractivity contribution in [3.05, 3.63) is 48.5 Å². The Balaban J connectivity index is 1.72. The first kappa shape index (κ1) is 16.8. The largest absolute Gasteiger partial charge is 0.497 e. The molecule has 0 amide bonds. The highest BCUT2D eigenvalue weighted by Gasteiger charge is 2.15. The minimum Gasteiger partial charge on any atom is -0.497 e. The number of fused-ring (bicyclic) bond motifs is 1. The van der Waals surface area contributed by atoms with Crippen molar-refractivity contribution in [3.8, 4) is 17.1 Å². The smallest absolute Gasteiger partial charge is 0.162 e. The van der Waals surface area contributed by atoms with Gasteiger partial charge in [-0.1, -0.05) is 37.8 Å². The maximum absolute atomic E-state index is 5.26. The van der Waals surface area contributed by atoms with Crippen molar-refractivity contribution in [1.82, 2.24) is 9.97 Å². The number of nitrogens with zero attached hydrogens (tertiary/aromatic N) is 2. The van der Waals surface area contributed by atoms with Crippen molar-refractivity contribution < 1.29 is 4.74 Å². The Morgan fingerprint density at radius 3 is 2.35 bits per heavy atom. The average Bonchev–Trinajstić information content (AvgIpc) is 2.97. The van der Waals surface area contributed by atoms with E-state index in [4.69, 9.17) is 14.7 Å². The molecule has 1 N–H and O–H groups in total. The van der Waals surface area contributed by atoms with Gasteiger partial charge in [0.15, 0.2) is 5.82 Å². The van der Waals surface area contributed by atoms with Crippen LogP contribution in [0.4, 0.5) is 5.82 Å². The van der Waals surface area contributed by atoms with Crippen LogP contribution in [0.3, 0.4) is 0 Å². The van der Waals surface area contributed by atoms with Gasteiger partial charge in [-0.3, -0.25) is 0 Å². The number of ether oxygens (including phenoxy) is 1. The molecule has 4 nitrogen and oxygen atoms in total. The van der Waals surface area contributed by atoms with Gasteiger partial charge in [-0.15, -0.1) is 0 Å². The Morgan fingerprint density at radius 2 is 1.62 bits per heavy atom. The fraction of sp³-hybridized carbons (Fsp3) is 0.364. The Kier molecular flexibility index (Phi) is 5.00. The second-order valence-electron chi connectivity index (χ2n) is 6.97. The maximum Gasteiger partial charge on any atom is 0.162 e. The molecule has 26 heavy (non-hydrogen) atoms. The molecule has 1 aliphatic carbocycles. The summed E-state index contributed by atoms with van der Waals surface area (Å²) < 4.78 is 5.26. The predicted molar refractivity (Wildman–Crippen MR) is 107 cm³/mol. The van der Waals surface area contributed by atoms with Gasteiger partial charge >= 0.3 is 0 Å². The second kappa shape index (κ2) is 7.73. The van der Waals surface area contributed by atoms with Gasteiger partial charge in [0.1, 0.15) is 11.6 Å². The Morgan fingerprint density at radius 1 is 0.885 bits per heavy atom. The van der Waals surface area contributed by atoms with Crippen LogP contribution in [0.25, 0.3) is 22.3 Å². The van der Waals surface area contributed by atoms with E-state index < -0.39 is 0 Å². The Hall–Kier alpha value is -2.62. The molecule has 3 aromatic rings. The van der Waals surface area contributed by atoms with Gasteiger partial charge in [-0.05, 0) is 49.2 Å². The zero-order valence-electron chi connectivity index (χ0n) is 15.2. The third kappa shape index (κ3) is 3.64. The molecule has 1 saturated carbocycles. The summed E-state index contributed by atoms with van der Waals surface area (Å²) >= 11 is 0. The van der Waals surface area contributed by atoms with Gasteiger partial charge in [0, 0.05) is 17.0 Å². The normalized spacial score (nSPS) is 15.6. The van der Waals surface area contributed by atoms with Crippen molar-refractivity contribution in [3.63, 3.8) is 0 Å². The van der Waals surface area contributed by atoms with E-state index in [1.807, 2.05) is 30.3 Å². The maximum atomic E-state index is 5.26. The van der Waals surface area contributed by atoms with Gasteiger partial charge in [0.25, 0.3) is 0 Å². The quantitative estimate of drug-likeness (QED) is 0.638. The van der Waals surface area contributed by atoms with Crippen LogP contribution < -0.4 is 10.1 Å². The van der Waals surface area contributed by atoms with Crippen molar-refractivity contribution >= 4 is 16.7 Å². The van der Waals surface area contributed by atoms with E-state index in [0.717, 1.165) is 33.9 Å². The Labute approximate surface area is 154 Å². The van der Waals surface area contributed by atoms with E-state index in [-0.39, 0.29) is 0 Å². The first-order valence-corrected chi connectivity index (χ1v) is 9.51. The molecule has 0 spiro atoms. The molecule has 2 aromatic carbocycles. The number of para-hydroxylation sites is 1. The summed E-state index contributed by atoms with van der Waals surface area (Å²) in [6.07, 6.45) is 7.73. The van der Waals surface area contributed by atoms with Crippen molar-refractivity contribution in [2.24, 2.45) is 0 Å². The van der Waals surface area contributed by atoms with Gasteiger partial charge in [-0.2, -0.15) is 0 Å². The van der Waals surface area contributed by atoms with Crippen LogP contribution in [0.5, 0.6) is 5.75 Å². The summed E-state index contributed by atoms with van der Waals surface area (Å²) in [6, 6.07) is 16.7. The molecule has 0 aliphatic heterocycles. The number of aromatic nitrogens is 2. The summed E-state index contributed by atoms with van der Waals surface area (Å²) in [5.74, 6) is 2.54. The molecule has 0 bridgehead atoms. The van der Waals surface area contributed by atoms with E-state index in [9.17, 15) is 0 Å². The molecule has 4 heteroatoms. The third-order valence-electron chi connectivity index (χ3n) is 5.15. The number of anilines is 1. The first-order valence-electron chi connectivity index (χ1n) is 9.51. The topological polar surface area (TPSA) is 47.0 Å². The fourth-order valence-electron chi connectivity index (χ4n) is 3.67. The van der Waals surface area contributed by atoms with Crippen molar-refractivity contribution in [2.75, 3.05) is 12.4 Å². The van der Waals surface area contributed by atoms with E-state index in [1.165, 1.54) is 38.5 Å².